The lowest BCUT2D eigenvalue weighted by molar-refractivity contribution is -0.172. The first-order chi connectivity index (χ1) is 12.6. The van der Waals surface area contributed by atoms with Crippen LogP contribution in [-0.2, 0) is 20.6 Å². The molecule has 0 aliphatic rings. The fourth-order valence-electron chi connectivity index (χ4n) is 2.60. The second-order valence-corrected chi connectivity index (χ2v) is 6.41. The van der Waals surface area contributed by atoms with E-state index in [1.165, 1.54) is 0 Å². The highest BCUT2D eigenvalue weighted by Gasteiger charge is 2.10. The molecule has 0 saturated heterocycles. The van der Waals surface area contributed by atoms with Crippen molar-refractivity contribution in [2.75, 3.05) is 33.0 Å². The molecule has 1 N–H and O–H groups in total. The fourth-order valence-corrected chi connectivity index (χ4v) is 2.60. The van der Waals surface area contributed by atoms with Gasteiger partial charge in [-0.25, -0.2) is 0 Å². The molecular formula is C21H36O5. The van der Waals surface area contributed by atoms with E-state index >= 15 is 0 Å². The lowest BCUT2D eigenvalue weighted by atomic mass is 10.1. The number of phenols is 1. The predicted molar refractivity (Wildman–Crippen MR) is 104 cm³/mol. The molecule has 5 nitrogen and oxygen atoms in total. The van der Waals surface area contributed by atoms with Gasteiger partial charge in [-0.05, 0) is 62.3 Å². The maximum Gasteiger partial charge on any atom is 0.180 e. The minimum absolute atomic E-state index is 0.266. The van der Waals surface area contributed by atoms with Gasteiger partial charge in [0.2, 0.25) is 0 Å². The molecule has 0 atom stereocenters. The first kappa shape index (κ1) is 22.7. The van der Waals surface area contributed by atoms with Crippen LogP contribution in [0.4, 0.5) is 0 Å². The van der Waals surface area contributed by atoms with Crippen LogP contribution < -0.4 is 4.74 Å². The van der Waals surface area contributed by atoms with Gasteiger partial charge in [0.1, 0.15) is 11.5 Å². The Balaban J connectivity index is 2.22. The molecule has 5 heteroatoms. The fraction of sp³-hybridized carbons (Fsp3) is 0.714. The number of benzene rings is 1. The van der Waals surface area contributed by atoms with Gasteiger partial charge < -0.3 is 24.1 Å². The monoisotopic (exact) mass is 368 g/mol. The summed E-state index contributed by atoms with van der Waals surface area (Å²) in [5, 5.41) is 9.68. The number of ether oxygens (including phenoxy) is 4. The highest BCUT2D eigenvalue weighted by atomic mass is 16.7. The van der Waals surface area contributed by atoms with Gasteiger partial charge in [0.15, 0.2) is 6.29 Å². The summed E-state index contributed by atoms with van der Waals surface area (Å²) in [4.78, 5) is 0. The van der Waals surface area contributed by atoms with E-state index in [-0.39, 0.29) is 6.29 Å². The van der Waals surface area contributed by atoms with Gasteiger partial charge in [-0.3, -0.25) is 0 Å². The number of aromatic hydroxyl groups is 1. The molecule has 0 bridgehead atoms. The smallest absolute Gasteiger partial charge is 0.180 e. The third-order valence-electron chi connectivity index (χ3n) is 3.92. The number of rotatable bonds is 15. The standard InChI is InChI=1S/C21H36O5/c1-5-10-24-20(25-11-6-2)16-23-12-8-9-13-26-21-17(4)14-19(22)15-18(21)7-3/h14-15,20,22H,5-13,16H2,1-4H3. The van der Waals surface area contributed by atoms with E-state index < -0.39 is 0 Å². The molecule has 1 aromatic carbocycles. The molecule has 0 saturated carbocycles. The highest BCUT2D eigenvalue weighted by molar-refractivity contribution is 5.46. The van der Waals surface area contributed by atoms with E-state index in [1.54, 1.807) is 12.1 Å². The largest absolute Gasteiger partial charge is 0.508 e. The van der Waals surface area contributed by atoms with Crippen LogP contribution in [0.2, 0.25) is 0 Å². The number of hydrogen-bond donors (Lipinski definition) is 1. The number of unbranched alkanes of at least 4 members (excludes halogenated alkanes) is 1. The summed E-state index contributed by atoms with van der Waals surface area (Å²) < 4.78 is 22.9. The molecule has 0 heterocycles. The van der Waals surface area contributed by atoms with Gasteiger partial charge >= 0.3 is 0 Å². The first-order valence-corrected chi connectivity index (χ1v) is 9.88. The van der Waals surface area contributed by atoms with Gasteiger partial charge in [-0.15, -0.1) is 0 Å². The molecule has 1 rings (SSSR count). The van der Waals surface area contributed by atoms with E-state index in [1.807, 2.05) is 6.92 Å². The van der Waals surface area contributed by atoms with Crippen molar-refractivity contribution in [2.45, 2.75) is 66.1 Å². The van der Waals surface area contributed by atoms with E-state index in [0.29, 0.717) is 38.8 Å². The van der Waals surface area contributed by atoms with Crippen LogP contribution in [0.3, 0.4) is 0 Å². The molecule has 0 fully saturated rings. The zero-order valence-electron chi connectivity index (χ0n) is 16.9. The summed E-state index contributed by atoms with van der Waals surface area (Å²) in [5.74, 6) is 1.19. The van der Waals surface area contributed by atoms with E-state index in [2.05, 4.69) is 20.8 Å². The summed E-state index contributed by atoms with van der Waals surface area (Å²) in [6, 6.07) is 3.52. The Morgan fingerprint density at radius 1 is 0.923 bits per heavy atom. The van der Waals surface area contributed by atoms with Crippen LogP contribution in [0.25, 0.3) is 0 Å². The van der Waals surface area contributed by atoms with Gasteiger partial charge in [0.25, 0.3) is 0 Å². The maximum atomic E-state index is 9.68. The molecule has 150 valence electrons. The minimum atomic E-state index is -0.266. The molecular weight excluding hydrogens is 332 g/mol. The number of hydrogen-bond acceptors (Lipinski definition) is 5. The van der Waals surface area contributed by atoms with Crippen LogP contribution >= 0.6 is 0 Å². The van der Waals surface area contributed by atoms with Crippen molar-refractivity contribution in [3.8, 4) is 11.5 Å². The molecule has 26 heavy (non-hydrogen) atoms. The van der Waals surface area contributed by atoms with Crippen molar-refractivity contribution >= 4 is 0 Å². The maximum absolute atomic E-state index is 9.68. The van der Waals surface area contributed by atoms with Crippen molar-refractivity contribution in [2.24, 2.45) is 0 Å². The molecule has 0 aliphatic heterocycles. The Morgan fingerprint density at radius 2 is 1.58 bits per heavy atom. The topological polar surface area (TPSA) is 57.2 Å². The second kappa shape index (κ2) is 13.8. The summed E-state index contributed by atoms with van der Waals surface area (Å²) in [6.45, 7) is 11.3. The minimum Gasteiger partial charge on any atom is -0.508 e. The first-order valence-electron chi connectivity index (χ1n) is 9.88. The lowest BCUT2D eigenvalue weighted by Gasteiger charge is -2.18. The molecule has 0 aromatic heterocycles. The average Bonchev–Trinajstić information content (AvgIpc) is 2.63. The van der Waals surface area contributed by atoms with Crippen LogP contribution in [0.5, 0.6) is 11.5 Å². The van der Waals surface area contributed by atoms with Crippen molar-refractivity contribution in [3.63, 3.8) is 0 Å². The molecule has 0 aliphatic carbocycles. The summed E-state index contributed by atoms with van der Waals surface area (Å²) in [7, 11) is 0. The van der Waals surface area contributed by atoms with Crippen molar-refractivity contribution in [1.82, 2.24) is 0 Å². The Kier molecular flexibility index (Phi) is 12.1. The van der Waals surface area contributed by atoms with Crippen molar-refractivity contribution < 1.29 is 24.1 Å². The predicted octanol–water partition coefficient (Wildman–Crippen LogP) is 4.62. The quantitative estimate of drug-likeness (QED) is 0.362. The molecule has 0 amide bonds. The van der Waals surface area contributed by atoms with Crippen LogP contribution in [0.1, 0.15) is 57.6 Å². The molecule has 1 aromatic rings. The van der Waals surface area contributed by atoms with Crippen LogP contribution in [-0.4, -0.2) is 44.4 Å². The van der Waals surface area contributed by atoms with Crippen molar-refractivity contribution in [3.05, 3.63) is 23.3 Å². The number of aryl methyl sites for hydroxylation is 2. The van der Waals surface area contributed by atoms with Gasteiger partial charge in [-0.2, -0.15) is 0 Å². The van der Waals surface area contributed by atoms with Gasteiger partial charge in [0.05, 0.1) is 13.2 Å². The Labute approximate surface area is 158 Å². The normalized spacial score (nSPS) is 11.3. The third-order valence-corrected chi connectivity index (χ3v) is 3.92. The van der Waals surface area contributed by atoms with E-state index in [0.717, 1.165) is 49.0 Å². The van der Waals surface area contributed by atoms with Crippen LogP contribution in [0.15, 0.2) is 12.1 Å². The zero-order chi connectivity index (χ0) is 19.2. The Morgan fingerprint density at radius 3 is 2.19 bits per heavy atom. The second-order valence-electron chi connectivity index (χ2n) is 6.41. The summed E-state index contributed by atoms with van der Waals surface area (Å²) in [5.41, 5.74) is 2.02. The van der Waals surface area contributed by atoms with Gasteiger partial charge in [-0.1, -0.05) is 20.8 Å². The van der Waals surface area contributed by atoms with E-state index in [9.17, 15) is 5.11 Å². The lowest BCUT2D eigenvalue weighted by Crippen LogP contribution is -2.24. The van der Waals surface area contributed by atoms with Crippen LogP contribution in [0, 0.1) is 6.92 Å². The SMILES string of the molecule is CCCOC(COCCCCOc1c(C)cc(O)cc1CC)OCCC. The highest BCUT2D eigenvalue weighted by Crippen LogP contribution is 2.29. The van der Waals surface area contributed by atoms with Gasteiger partial charge in [0, 0.05) is 19.8 Å². The Bertz CT molecular complexity index is 482. The molecule has 0 spiro atoms. The summed E-state index contributed by atoms with van der Waals surface area (Å²) in [6.07, 6.45) is 4.36. The number of phenolic OH excluding ortho intramolecular Hbond substituents is 1. The molecule has 0 unspecified atom stereocenters. The Hall–Kier alpha value is -1.30. The third kappa shape index (κ3) is 8.88. The zero-order valence-corrected chi connectivity index (χ0v) is 16.9. The van der Waals surface area contributed by atoms with E-state index in [4.69, 9.17) is 18.9 Å². The van der Waals surface area contributed by atoms with Crippen molar-refractivity contribution in [1.29, 1.82) is 0 Å². The molecule has 0 radical (unpaired) electrons. The average molecular weight is 369 g/mol. The summed E-state index contributed by atoms with van der Waals surface area (Å²) >= 11 is 0.